The molecule has 2 aromatic rings. The van der Waals surface area contributed by atoms with Crippen LogP contribution in [0.2, 0.25) is 0 Å². The van der Waals surface area contributed by atoms with Crippen molar-refractivity contribution in [2.75, 3.05) is 7.11 Å². The van der Waals surface area contributed by atoms with Crippen LogP contribution in [0, 0.1) is 6.92 Å². The summed E-state index contributed by atoms with van der Waals surface area (Å²) in [6.45, 7) is 2.36. The molecule has 1 aromatic heterocycles. The molecule has 0 atom stereocenters. The average Bonchev–Trinajstić information content (AvgIpc) is 2.38. The number of nitrogens with zero attached hydrogens (tertiary/aromatic N) is 2. The maximum atomic E-state index is 5.60. The van der Waals surface area contributed by atoms with E-state index >= 15 is 0 Å². The van der Waals surface area contributed by atoms with Gasteiger partial charge in [0.05, 0.1) is 12.8 Å². The molecule has 0 radical (unpaired) electrons. The summed E-state index contributed by atoms with van der Waals surface area (Å²) in [5.41, 5.74) is 8.34. The van der Waals surface area contributed by atoms with Crippen LogP contribution in [-0.4, -0.2) is 17.1 Å². The van der Waals surface area contributed by atoms with Gasteiger partial charge in [-0.05, 0) is 37.3 Å². The standard InChI is InChI=1S/C13H15N3O/c1-9-7-11(8-14)16-13(15-9)10-3-5-12(17-2)6-4-10/h3-7H,8,14H2,1-2H3. The van der Waals surface area contributed by atoms with Crippen molar-refractivity contribution < 1.29 is 4.74 Å². The van der Waals surface area contributed by atoms with Gasteiger partial charge >= 0.3 is 0 Å². The molecule has 0 saturated heterocycles. The summed E-state index contributed by atoms with van der Waals surface area (Å²) >= 11 is 0. The van der Waals surface area contributed by atoms with Gasteiger partial charge in [0.15, 0.2) is 5.82 Å². The van der Waals surface area contributed by atoms with E-state index in [-0.39, 0.29) is 0 Å². The van der Waals surface area contributed by atoms with Crippen LogP contribution in [0.15, 0.2) is 30.3 Å². The van der Waals surface area contributed by atoms with Gasteiger partial charge in [-0.25, -0.2) is 9.97 Å². The SMILES string of the molecule is COc1ccc(-c2nc(C)cc(CN)n2)cc1. The van der Waals surface area contributed by atoms with Crippen molar-refractivity contribution >= 4 is 0 Å². The number of nitrogens with two attached hydrogens (primary N) is 1. The van der Waals surface area contributed by atoms with Crippen LogP contribution in [0.3, 0.4) is 0 Å². The number of methoxy groups -OCH3 is 1. The molecule has 0 spiro atoms. The fourth-order valence-corrected chi connectivity index (χ4v) is 1.61. The summed E-state index contributed by atoms with van der Waals surface area (Å²) in [6.07, 6.45) is 0. The summed E-state index contributed by atoms with van der Waals surface area (Å²) < 4.78 is 5.11. The van der Waals surface area contributed by atoms with Crippen molar-refractivity contribution in [3.05, 3.63) is 41.7 Å². The first-order chi connectivity index (χ1) is 8.22. The molecule has 88 valence electrons. The number of aromatic nitrogens is 2. The Morgan fingerprint density at radius 3 is 2.47 bits per heavy atom. The minimum Gasteiger partial charge on any atom is -0.497 e. The van der Waals surface area contributed by atoms with Gasteiger partial charge in [-0.1, -0.05) is 0 Å². The first-order valence-corrected chi connectivity index (χ1v) is 5.42. The Kier molecular flexibility index (Phi) is 3.35. The Hall–Kier alpha value is -1.94. The van der Waals surface area contributed by atoms with Crippen LogP contribution in [0.5, 0.6) is 5.75 Å². The van der Waals surface area contributed by atoms with Gasteiger partial charge in [-0.15, -0.1) is 0 Å². The highest BCUT2D eigenvalue weighted by molar-refractivity contribution is 5.56. The van der Waals surface area contributed by atoms with Gasteiger partial charge in [0.25, 0.3) is 0 Å². The number of hydrogen-bond acceptors (Lipinski definition) is 4. The summed E-state index contributed by atoms with van der Waals surface area (Å²) in [4.78, 5) is 8.80. The third-order valence-corrected chi connectivity index (χ3v) is 2.46. The topological polar surface area (TPSA) is 61.0 Å². The van der Waals surface area contributed by atoms with Crippen LogP contribution < -0.4 is 10.5 Å². The van der Waals surface area contributed by atoms with Gasteiger partial charge in [0, 0.05) is 17.8 Å². The Bertz CT molecular complexity index is 509. The van der Waals surface area contributed by atoms with Gasteiger partial charge in [-0.3, -0.25) is 0 Å². The first kappa shape index (κ1) is 11.5. The van der Waals surface area contributed by atoms with Crippen molar-refractivity contribution in [2.24, 2.45) is 5.73 Å². The maximum absolute atomic E-state index is 5.60. The summed E-state index contributed by atoms with van der Waals surface area (Å²) in [6, 6.07) is 9.56. The predicted molar refractivity (Wildman–Crippen MR) is 66.6 cm³/mol. The molecule has 17 heavy (non-hydrogen) atoms. The van der Waals surface area contributed by atoms with Crippen molar-refractivity contribution in [3.63, 3.8) is 0 Å². The lowest BCUT2D eigenvalue weighted by molar-refractivity contribution is 0.415. The van der Waals surface area contributed by atoms with E-state index in [1.165, 1.54) is 0 Å². The first-order valence-electron chi connectivity index (χ1n) is 5.42. The highest BCUT2D eigenvalue weighted by Crippen LogP contribution is 2.19. The van der Waals surface area contributed by atoms with E-state index in [0.717, 1.165) is 22.7 Å². The monoisotopic (exact) mass is 229 g/mol. The summed E-state index contributed by atoms with van der Waals surface area (Å²) in [5.74, 6) is 1.52. The Morgan fingerprint density at radius 2 is 1.88 bits per heavy atom. The number of hydrogen-bond donors (Lipinski definition) is 1. The van der Waals surface area contributed by atoms with Crippen LogP contribution >= 0.6 is 0 Å². The van der Waals surface area contributed by atoms with Crippen molar-refractivity contribution in [1.82, 2.24) is 9.97 Å². The number of aryl methyl sites for hydroxylation is 1. The number of ether oxygens (including phenoxy) is 1. The molecule has 1 aromatic carbocycles. The minimum absolute atomic E-state index is 0.423. The largest absolute Gasteiger partial charge is 0.497 e. The molecule has 2 rings (SSSR count). The second kappa shape index (κ2) is 4.93. The number of rotatable bonds is 3. The Labute approximate surface area is 100 Å². The smallest absolute Gasteiger partial charge is 0.159 e. The third-order valence-electron chi connectivity index (χ3n) is 2.46. The van der Waals surface area contributed by atoms with E-state index in [9.17, 15) is 0 Å². The van der Waals surface area contributed by atoms with Crippen LogP contribution in [0.25, 0.3) is 11.4 Å². The summed E-state index contributed by atoms with van der Waals surface area (Å²) in [7, 11) is 1.64. The molecule has 2 N–H and O–H groups in total. The van der Waals surface area contributed by atoms with Gasteiger partial charge < -0.3 is 10.5 Å². The fraction of sp³-hybridized carbons (Fsp3) is 0.231. The van der Waals surface area contributed by atoms with Crippen molar-refractivity contribution in [2.45, 2.75) is 13.5 Å². The number of benzene rings is 1. The normalized spacial score (nSPS) is 10.3. The fourth-order valence-electron chi connectivity index (χ4n) is 1.61. The van der Waals surface area contributed by atoms with Gasteiger partial charge in [0.1, 0.15) is 5.75 Å². The molecular weight excluding hydrogens is 214 g/mol. The van der Waals surface area contributed by atoms with E-state index < -0.39 is 0 Å². The molecule has 0 aliphatic carbocycles. The molecule has 0 saturated carbocycles. The zero-order valence-corrected chi connectivity index (χ0v) is 9.97. The maximum Gasteiger partial charge on any atom is 0.159 e. The highest BCUT2D eigenvalue weighted by Gasteiger charge is 2.04. The average molecular weight is 229 g/mol. The van der Waals surface area contributed by atoms with E-state index in [1.807, 2.05) is 37.3 Å². The molecule has 0 aliphatic heterocycles. The molecule has 0 unspecified atom stereocenters. The van der Waals surface area contributed by atoms with Crippen LogP contribution in [0.1, 0.15) is 11.4 Å². The second-order valence-corrected chi connectivity index (χ2v) is 3.76. The molecule has 4 nitrogen and oxygen atoms in total. The third kappa shape index (κ3) is 2.60. The van der Waals surface area contributed by atoms with E-state index in [0.29, 0.717) is 12.4 Å². The lowest BCUT2D eigenvalue weighted by Crippen LogP contribution is -2.03. The van der Waals surface area contributed by atoms with Crippen LogP contribution in [-0.2, 0) is 6.54 Å². The molecule has 4 heteroatoms. The zero-order chi connectivity index (χ0) is 12.3. The van der Waals surface area contributed by atoms with E-state index in [1.54, 1.807) is 7.11 Å². The minimum atomic E-state index is 0.423. The zero-order valence-electron chi connectivity index (χ0n) is 9.97. The molecule has 0 bridgehead atoms. The Balaban J connectivity index is 2.41. The second-order valence-electron chi connectivity index (χ2n) is 3.76. The quantitative estimate of drug-likeness (QED) is 0.873. The van der Waals surface area contributed by atoms with Crippen molar-refractivity contribution in [1.29, 1.82) is 0 Å². The summed E-state index contributed by atoms with van der Waals surface area (Å²) in [5, 5.41) is 0. The lowest BCUT2D eigenvalue weighted by atomic mass is 10.2. The molecule has 1 heterocycles. The highest BCUT2D eigenvalue weighted by atomic mass is 16.5. The predicted octanol–water partition coefficient (Wildman–Crippen LogP) is 1.92. The van der Waals surface area contributed by atoms with E-state index in [2.05, 4.69) is 9.97 Å². The lowest BCUT2D eigenvalue weighted by Gasteiger charge is -2.05. The van der Waals surface area contributed by atoms with E-state index in [4.69, 9.17) is 10.5 Å². The van der Waals surface area contributed by atoms with Crippen molar-refractivity contribution in [3.8, 4) is 17.1 Å². The molecule has 0 aliphatic rings. The van der Waals surface area contributed by atoms with Gasteiger partial charge in [0.2, 0.25) is 0 Å². The molecular formula is C13H15N3O. The molecule has 0 amide bonds. The van der Waals surface area contributed by atoms with Crippen LogP contribution in [0.4, 0.5) is 0 Å². The Morgan fingerprint density at radius 1 is 1.18 bits per heavy atom. The molecule has 0 fully saturated rings. The van der Waals surface area contributed by atoms with Gasteiger partial charge in [-0.2, -0.15) is 0 Å².